The molecule has 2 aromatic rings. The Morgan fingerprint density at radius 2 is 1.70 bits per heavy atom. The maximum Gasteiger partial charge on any atom is 0.141 e. The van der Waals surface area contributed by atoms with Gasteiger partial charge in [0.15, 0.2) is 0 Å². The minimum atomic E-state index is -0.410. The highest BCUT2D eigenvalue weighted by atomic mass is 35.5. The van der Waals surface area contributed by atoms with Crippen molar-refractivity contribution in [1.82, 2.24) is 4.90 Å². The highest BCUT2D eigenvalue weighted by Crippen LogP contribution is 2.18. The summed E-state index contributed by atoms with van der Waals surface area (Å²) >= 11 is 5.79. The third kappa shape index (κ3) is 4.30. The Morgan fingerprint density at radius 1 is 1.00 bits per heavy atom. The zero-order valence-corrected chi connectivity index (χ0v) is 11.9. The fourth-order valence-electron chi connectivity index (χ4n) is 2.09. The molecule has 0 saturated carbocycles. The quantitative estimate of drug-likeness (QED) is 0.881. The molecule has 4 heteroatoms. The molecule has 20 heavy (non-hydrogen) atoms. The van der Waals surface area contributed by atoms with Crippen molar-refractivity contribution in [3.05, 3.63) is 70.5 Å². The van der Waals surface area contributed by atoms with Crippen molar-refractivity contribution in [1.29, 1.82) is 0 Å². The Balaban J connectivity index is 2.06. The van der Waals surface area contributed by atoms with Gasteiger partial charge in [0.25, 0.3) is 0 Å². The first kappa shape index (κ1) is 15.0. The lowest BCUT2D eigenvalue weighted by Crippen LogP contribution is -2.26. The summed E-state index contributed by atoms with van der Waals surface area (Å²) in [7, 11) is 0. The second-order valence-corrected chi connectivity index (χ2v) is 5.08. The highest BCUT2D eigenvalue weighted by molar-refractivity contribution is 6.30. The lowest BCUT2D eigenvalue weighted by molar-refractivity contribution is 0.184. The van der Waals surface area contributed by atoms with Crippen LogP contribution < -0.4 is 0 Å². The van der Waals surface area contributed by atoms with Gasteiger partial charge in [-0.3, -0.25) is 4.90 Å². The SMILES string of the molecule is OCCN(Cc1ccccc1)Cc1ccc(F)c(Cl)c1. The van der Waals surface area contributed by atoms with Crippen LogP contribution in [0.2, 0.25) is 5.02 Å². The molecule has 0 amide bonds. The molecule has 0 aliphatic heterocycles. The maximum absolute atomic E-state index is 13.1. The van der Waals surface area contributed by atoms with E-state index in [9.17, 15) is 4.39 Å². The van der Waals surface area contributed by atoms with Crippen molar-refractivity contribution in [2.24, 2.45) is 0 Å². The summed E-state index contributed by atoms with van der Waals surface area (Å²) in [5.74, 6) is -0.410. The molecule has 1 N–H and O–H groups in total. The monoisotopic (exact) mass is 293 g/mol. The molecule has 0 atom stereocenters. The normalized spacial score (nSPS) is 11.0. The fourth-order valence-corrected chi connectivity index (χ4v) is 2.30. The highest BCUT2D eigenvalue weighted by Gasteiger charge is 2.08. The fraction of sp³-hybridized carbons (Fsp3) is 0.250. The van der Waals surface area contributed by atoms with Crippen molar-refractivity contribution in [2.75, 3.05) is 13.2 Å². The molecule has 2 rings (SSSR count). The van der Waals surface area contributed by atoms with Gasteiger partial charge in [0.05, 0.1) is 11.6 Å². The van der Waals surface area contributed by atoms with Gasteiger partial charge in [0.1, 0.15) is 5.82 Å². The van der Waals surface area contributed by atoms with Gasteiger partial charge in [-0.05, 0) is 23.3 Å². The standard InChI is InChI=1S/C16H17ClFNO/c17-15-10-14(6-7-16(15)18)12-19(8-9-20)11-13-4-2-1-3-5-13/h1-7,10,20H,8-9,11-12H2. The van der Waals surface area contributed by atoms with Gasteiger partial charge in [-0.15, -0.1) is 0 Å². The van der Waals surface area contributed by atoms with E-state index in [0.717, 1.165) is 12.1 Å². The number of rotatable bonds is 6. The number of benzene rings is 2. The van der Waals surface area contributed by atoms with Crippen molar-refractivity contribution < 1.29 is 9.50 Å². The molecule has 0 unspecified atom stereocenters. The molecular formula is C16H17ClFNO. The summed E-state index contributed by atoms with van der Waals surface area (Å²) in [6.07, 6.45) is 0. The van der Waals surface area contributed by atoms with E-state index in [-0.39, 0.29) is 11.6 Å². The van der Waals surface area contributed by atoms with Crippen molar-refractivity contribution in [3.63, 3.8) is 0 Å². The smallest absolute Gasteiger partial charge is 0.141 e. The third-order valence-corrected chi connectivity index (χ3v) is 3.35. The number of aliphatic hydroxyl groups is 1. The number of aliphatic hydroxyl groups excluding tert-OH is 1. The van der Waals surface area contributed by atoms with Gasteiger partial charge >= 0.3 is 0 Å². The number of halogens is 2. The molecule has 0 fully saturated rings. The van der Waals surface area contributed by atoms with E-state index in [0.29, 0.717) is 13.1 Å². The van der Waals surface area contributed by atoms with Crippen LogP contribution in [0.4, 0.5) is 4.39 Å². The third-order valence-electron chi connectivity index (χ3n) is 3.06. The molecular weight excluding hydrogens is 277 g/mol. The Bertz CT molecular complexity index is 547. The summed E-state index contributed by atoms with van der Waals surface area (Å²) in [5, 5.41) is 9.29. The lowest BCUT2D eigenvalue weighted by Gasteiger charge is -2.21. The predicted molar refractivity (Wildman–Crippen MR) is 79.1 cm³/mol. The van der Waals surface area contributed by atoms with Crippen LogP contribution in [-0.2, 0) is 13.1 Å². The summed E-state index contributed by atoms with van der Waals surface area (Å²) in [5.41, 5.74) is 2.11. The van der Waals surface area contributed by atoms with Crippen molar-refractivity contribution in [3.8, 4) is 0 Å². The van der Waals surface area contributed by atoms with E-state index in [2.05, 4.69) is 4.90 Å². The van der Waals surface area contributed by atoms with Crippen LogP contribution >= 0.6 is 11.6 Å². The summed E-state index contributed by atoms with van der Waals surface area (Å²) in [6.45, 7) is 2.00. The van der Waals surface area contributed by atoms with Crippen molar-refractivity contribution in [2.45, 2.75) is 13.1 Å². The van der Waals surface area contributed by atoms with E-state index in [4.69, 9.17) is 16.7 Å². The first-order valence-corrected chi connectivity index (χ1v) is 6.88. The Hall–Kier alpha value is -1.42. The second-order valence-electron chi connectivity index (χ2n) is 4.67. The molecule has 0 bridgehead atoms. The van der Waals surface area contributed by atoms with Crippen LogP contribution in [-0.4, -0.2) is 23.2 Å². The average molecular weight is 294 g/mol. The first-order chi connectivity index (χ1) is 9.69. The van der Waals surface area contributed by atoms with E-state index in [1.807, 2.05) is 30.3 Å². The molecule has 0 aromatic heterocycles. The van der Waals surface area contributed by atoms with Gasteiger partial charge in [-0.1, -0.05) is 48.0 Å². The van der Waals surface area contributed by atoms with Crippen LogP contribution in [0.25, 0.3) is 0 Å². The van der Waals surface area contributed by atoms with Gasteiger partial charge in [-0.25, -0.2) is 4.39 Å². The Morgan fingerprint density at radius 3 is 2.35 bits per heavy atom. The second kappa shape index (κ2) is 7.39. The number of hydrogen-bond acceptors (Lipinski definition) is 2. The number of nitrogens with zero attached hydrogens (tertiary/aromatic N) is 1. The molecule has 0 spiro atoms. The molecule has 0 heterocycles. The first-order valence-electron chi connectivity index (χ1n) is 6.50. The largest absolute Gasteiger partial charge is 0.395 e. The number of hydrogen-bond donors (Lipinski definition) is 1. The minimum Gasteiger partial charge on any atom is -0.395 e. The summed E-state index contributed by atoms with van der Waals surface area (Å²) in [6, 6.07) is 14.8. The summed E-state index contributed by atoms with van der Waals surface area (Å²) < 4.78 is 13.1. The molecule has 106 valence electrons. The summed E-state index contributed by atoms with van der Waals surface area (Å²) in [4.78, 5) is 2.10. The lowest BCUT2D eigenvalue weighted by atomic mass is 10.1. The Kier molecular flexibility index (Phi) is 5.53. The van der Waals surface area contributed by atoms with E-state index >= 15 is 0 Å². The van der Waals surface area contributed by atoms with Crippen LogP contribution in [0.3, 0.4) is 0 Å². The zero-order chi connectivity index (χ0) is 14.4. The predicted octanol–water partition coefficient (Wildman–Crippen LogP) is 3.47. The maximum atomic E-state index is 13.1. The van der Waals surface area contributed by atoms with Gasteiger partial charge < -0.3 is 5.11 Å². The van der Waals surface area contributed by atoms with Gasteiger partial charge in [-0.2, -0.15) is 0 Å². The topological polar surface area (TPSA) is 23.5 Å². The van der Waals surface area contributed by atoms with E-state index < -0.39 is 5.82 Å². The van der Waals surface area contributed by atoms with Crippen molar-refractivity contribution >= 4 is 11.6 Å². The molecule has 0 aliphatic rings. The van der Waals surface area contributed by atoms with E-state index in [1.54, 1.807) is 12.1 Å². The molecule has 0 aliphatic carbocycles. The molecule has 0 saturated heterocycles. The molecule has 0 radical (unpaired) electrons. The van der Waals surface area contributed by atoms with Crippen LogP contribution in [0.5, 0.6) is 0 Å². The van der Waals surface area contributed by atoms with Crippen LogP contribution in [0.1, 0.15) is 11.1 Å². The average Bonchev–Trinajstić information content (AvgIpc) is 2.44. The van der Waals surface area contributed by atoms with Crippen LogP contribution in [0, 0.1) is 5.82 Å². The minimum absolute atomic E-state index is 0.0851. The van der Waals surface area contributed by atoms with E-state index in [1.165, 1.54) is 11.6 Å². The molecule has 2 aromatic carbocycles. The van der Waals surface area contributed by atoms with Gasteiger partial charge in [0.2, 0.25) is 0 Å². The van der Waals surface area contributed by atoms with Gasteiger partial charge in [0, 0.05) is 19.6 Å². The zero-order valence-electron chi connectivity index (χ0n) is 11.1. The Labute approximate surface area is 123 Å². The molecule has 2 nitrogen and oxygen atoms in total. The van der Waals surface area contributed by atoms with Crippen LogP contribution in [0.15, 0.2) is 48.5 Å².